The highest BCUT2D eigenvalue weighted by Gasteiger charge is 2.21. The zero-order valence-electron chi connectivity index (χ0n) is 9.63. The number of carbonyl (C=O) groups excluding carboxylic acids is 1. The molecule has 94 valence electrons. The topological polar surface area (TPSA) is 29.1 Å². The molecule has 5 heteroatoms. The molecule has 0 saturated heterocycles. The molecule has 0 atom stereocenters. The fourth-order valence-corrected chi connectivity index (χ4v) is 4.06. The summed E-state index contributed by atoms with van der Waals surface area (Å²) in [6, 6.07) is 2.23. The molecule has 0 spiro atoms. The fraction of sp³-hybridized carbons (Fsp3) is 0.583. The Morgan fingerprint density at radius 2 is 2.00 bits per heavy atom. The predicted octanol–water partition coefficient (Wildman–Crippen LogP) is 4.58. The van der Waals surface area contributed by atoms with Crippen molar-refractivity contribution in [2.45, 2.75) is 38.6 Å². The molecular formula is C12H15Br2NOS. The Morgan fingerprint density at radius 3 is 2.53 bits per heavy atom. The average Bonchev–Trinajstić information content (AvgIpc) is 2.63. The van der Waals surface area contributed by atoms with Gasteiger partial charge in [-0.25, -0.2) is 0 Å². The van der Waals surface area contributed by atoms with Crippen LogP contribution >= 0.6 is 43.2 Å². The van der Waals surface area contributed by atoms with Gasteiger partial charge in [-0.05, 0) is 69.5 Å². The minimum absolute atomic E-state index is 0.0564. The monoisotopic (exact) mass is 379 g/mol. The van der Waals surface area contributed by atoms with Crippen molar-refractivity contribution in [3.05, 3.63) is 19.2 Å². The van der Waals surface area contributed by atoms with E-state index in [2.05, 4.69) is 44.1 Å². The number of nitrogens with one attached hydrogen (secondary N) is 1. The number of hydrogen-bond donors (Lipinski definition) is 1. The van der Waals surface area contributed by atoms with Gasteiger partial charge in [-0.1, -0.05) is 6.92 Å². The molecule has 1 fully saturated rings. The van der Waals surface area contributed by atoms with Gasteiger partial charge in [0.1, 0.15) is 0 Å². The first-order valence-electron chi connectivity index (χ1n) is 5.82. The van der Waals surface area contributed by atoms with Crippen LogP contribution in [0.4, 0.5) is 0 Å². The van der Waals surface area contributed by atoms with Crippen molar-refractivity contribution in [2.75, 3.05) is 0 Å². The van der Waals surface area contributed by atoms with Gasteiger partial charge in [0.05, 0.1) is 8.66 Å². The lowest BCUT2D eigenvalue weighted by Gasteiger charge is -2.26. The van der Waals surface area contributed by atoms with Crippen molar-refractivity contribution in [3.8, 4) is 0 Å². The second-order valence-electron chi connectivity index (χ2n) is 4.66. The summed E-state index contributed by atoms with van der Waals surface area (Å²) in [4.78, 5) is 12.8. The Balaban J connectivity index is 1.93. The van der Waals surface area contributed by atoms with E-state index in [9.17, 15) is 4.79 Å². The number of thiophene rings is 1. The number of hydrogen-bond acceptors (Lipinski definition) is 2. The number of amides is 1. The predicted molar refractivity (Wildman–Crippen MR) is 78.6 cm³/mol. The zero-order valence-corrected chi connectivity index (χ0v) is 13.6. The van der Waals surface area contributed by atoms with E-state index in [-0.39, 0.29) is 5.91 Å². The smallest absolute Gasteiger partial charge is 0.261 e. The summed E-state index contributed by atoms with van der Waals surface area (Å²) in [7, 11) is 0. The third kappa shape index (κ3) is 3.55. The van der Waals surface area contributed by atoms with Crippen LogP contribution in [-0.4, -0.2) is 11.9 Å². The van der Waals surface area contributed by atoms with E-state index in [0.717, 1.165) is 31.9 Å². The van der Waals surface area contributed by atoms with Gasteiger partial charge in [-0.3, -0.25) is 4.79 Å². The molecule has 2 rings (SSSR count). The summed E-state index contributed by atoms with van der Waals surface area (Å²) < 4.78 is 1.92. The van der Waals surface area contributed by atoms with Crippen molar-refractivity contribution in [2.24, 2.45) is 5.92 Å². The van der Waals surface area contributed by atoms with Crippen molar-refractivity contribution < 1.29 is 4.79 Å². The Labute approximate surface area is 122 Å². The Hall–Kier alpha value is 0.130. The second kappa shape index (κ2) is 5.85. The molecule has 0 aromatic carbocycles. The number of halogens is 2. The summed E-state index contributed by atoms with van der Waals surface area (Å²) in [6.45, 7) is 2.28. The lowest BCUT2D eigenvalue weighted by Crippen LogP contribution is -2.36. The van der Waals surface area contributed by atoms with Crippen molar-refractivity contribution in [1.29, 1.82) is 0 Å². The molecule has 0 aliphatic heterocycles. The van der Waals surface area contributed by atoms with Crippen LogP contribution in [0.2, 0.25) is 0 Å². The second-order valence-corrected chi connectivity index (χ2v) is 7.89. The normalized spacial score (nSPS) is 24.6. The Morgan fingerprint density at radius 1 is 1.35 bits per heavy atom. The Bertz CT molecular complexity index is 391. The van der Waals surface area contributed by atoms with E-state index >= 15 is 0 Å². The lowest BCUT2D eigenvalue weighted by atomic mass is 9.87. The molecule has 1 N–H and O–H groups in total. The highest BCUT2D eigenvalue weighted by atomic mass is 79.9. The van der Waals surface area contributed by atoms with Crippen LogP contribution in [-0.2, 0) is 0 Å². The molecule has 1 saturated carbocycles. The van der Waals surface area contributed by atoms with E-state index in [1.807, 2.05) is 6.07 Å². The maximum Gasteiger partial charge on any atom is 0.261 e. The minimum atomic E-state index is 0.0564. The van der Waals surface area contributed by atoms with Crippen LogP contribution in [0.15, 0.2) is 14.3 Å². The summed E-state index contributed by atoms with van der Waals surface area (Å²) in [5.41, 5.74) is 0. The SMILES string of the molecule is CC1CCC(NC(=O)c2cc(Br)c(Br)s2)CC1. The van der Waals surface area contributed by atoms with Crippen LogP contribution in [0.3, 0.4) is 0 Å². The molecule has 1 heterocycles. The van der Waals surface area contributed by atoms with Crippen molar-refractivity contribution >= 4 is 49.1 Å². The fourth-order valence-electron chi connectivity index (χ4n) is 2.12. The van der Waals surface area contributed by atoms with E-state index < -0.39 is 0 Å². The standard InChI is InChI=1S/C12H15Br2NOS/c1-7-2-4-8(5-3-7)15-12(16)10-6-9(13)11(14)17-10/h6-8H,2-5H2,1H3,(H,15,16). The maximum atomic E-state index is 12.0. The Kier molecular flexibility index (Phi) is 4.66. The van der Waals surface area contributed by atoms with Gasteiger partial charge in [0.25, 0.3) is 5.91 Å². The van der Waals surface area contributed by atoms with Crippen molar-refractivity contribution in [3.63, 3.8) is 0 Å². The van der Waals surface area contributed by atoms with Crippen molar-refractivity contribution in [1.82, 2.24) is 5.32 Å². The summed E-state index contributed by atoms with van der Waals surface area (Å²) in [5.74, 6) is 0.870. The quantitative estimate of drug-likeness (QED) is 0.799. The molecule has 0 radical (unpaired) electrons. The van der Waals surface area contributed by atoms with E-state index in [0.29, 0.717) is 6.04 Å². The maximum absolute atomic E-state index is 12.0. The van der Waals surface area contributed by atoms with Gasteiger partial charge in [0.15, 0.2) is 0 Å². The molecular weight excluding hydrogens is 366 g/mol. The molecule has 1 aromatic heterocycles. The lowest BCUT2D eigenvalue weighted by molar-refractivity contribution is 0.0927. The highest BCUT2D eigenvalue weighted by Crippen LogP contribution is 2.32. The zero-order chi connectivity index (χ0) is 12.4. The van der Waals surface area contributed by atoms with Gasteiger partial charge in [-0.2, -0.15) is 0 Å². The third-order valence-corrected chi connectivity index (χ3v) is 6.48. The molecule has 1 amide bonds. The largest absolute Gasteiger partial charge is 0.349 e. The first kappa shape index (κ1) is 13.6. The van der Waals surface area contributed by atoms with E-state index in [1.165, 1.54) is 24.2 Å². The number of carbonyl (C=O) groups is 1. The van der Waals surface area contributed by atoms with Gasteiger partial charge in [0, 0.05) is 10.5 Å². The summed E-state index contributed by atoms with van der Waals surface area (Å²) >= 11 is 8.28. The van der Waals surface area contributed by atoms with Gasteiger partial charge < -0.3 is 5.32 Å². The van der Waals surface area contributed by atoms with Crippen LogP contribution < -0.4 is 5.32 Å². The van der Waals surface area contributed by atoms with Gasteiger partial charge >= 0.3 is 0 Å². The highest BCUT2D eigenvalue weighted by molar-refractivity contribution is 9.13. The molecule has 0 unspecified atom stereocenters. The third-order valence-electron chi connectivity index (χ3n) is 3.22. The summed E-state index contributed by atoms with van der Waals surface area (Å²) in [5, 5.41) is 3.13. The molecule has 1 aromatic rings. The summed E-state index contributed by atoms with van der Waals surface area (Å²) in [6.07, 6.45) is 4.67. The molecule has 1 aliphatic carbocycles. The average molecular weight is 381 g/mol. The van der Waals surface area contributed by atoms with Gasteiger partial charge in [-0.15, -0.1) is 11.3 Å². The molecule has 1 aliphatic rings. The number of rotatable bonds is 2. The van der Waals surface area contributed by atoms with E-state index in [4.69, 9.17) is 0 Å². The first-order valence-corrected chi connectivity index (χ1v) is 8.22. The van der Waals surface area contributed by atoms with Crippen LogP contribution in [0, 0.1) is 5.92 Å². The van der Waals surface area contributed by atoms with Crippen LogP contribution in [0.1, 0.15) is 42.3 Å². The van der Waals surface area contributed by atoms with Gasteiger partial charge in [0.2, 0.25) is 0 Å². The molecule has 17 heavy (non-hydrogen) atoms. The molecule has 2 nitrogen and oxygen atoms in total. The van der Waals surface area contributed by atoms with Crippen LogP contribution in [0.5, 0.6) is 0 Å². The molecule has 0 bridgehead atoms. The first-order chi connectivity index (χ1) is 8.06. The minimum Gasteiger partial charge on any atom is -0.349 e. The van der Waals surface area contributed by atoms with Crippen LogP contribution in [0.25, 0.3) is 0 Å². The van der Waals surface area contributed by atoms with E-state index in [1.54, 1.807) is 0 Å².